The van der Waals surface area contributed by atoms with Gasteiger partial charge in [0.1, 0.15) is 23.7 Å². The molecule has 1 aliphatic rings. The summed E-state index contributed by atoms with van der Waals surface area (Å²) < 4.78 is 7.38. The summed E-state index contributed by atoms with van der Waals surface area (Å²) in [5, 5.41) is 31.6. The van der Waals surface area contributed by atoms with E-state index in [-0.39, 0.29) is 27.9 Å². The number of ether oxygens (including phenoxy) is 1. The normalized spacial score (nSPS) is 25.8. The molecule has 33 heavy (non-hydrogen) atoms. The number of rotatable bonds is 5. The Morgan fingerprint density at radius 2 is 1.73 bits per heavy atom. The van der Waals surface area contributed by atoms with Crippen molar-refractivity contribution in [2.45, 2.75) is 108 Å². The monoisotopic (exact) mass is 499 g/mol. The summed E-state index contributed by atoms with van der Waals surface area (Å²) in [7, 11) is -4.99. The highest BCUT2D eigenvalue weighted by molar-refractivity contribution is 6.84. The first kappa shape index (κ1) is 27.7. The van der Waals surface area contributed by atoms with Gasteiger partial charge in [0.2, 0.25) is 0 Å². The van der Waals surface area contributed by atoms with E-state index in [0.717, 1.165) is 10.8 Å². The molecule has 1 saturated heterocycles. The zero-order valence-corrected chi connectivity index (χ0v) is 23.6. The molecule has 0 bridgehead atoms. The molecule has 2 rings (SSSR count). The van der Waals surface area contributed by atoms with Gasteiger partial charge >= 0.3 is 11.7 Å². The second-order valence-corrected chi connectivity index (χ2v) is 23.6. The second-order valence-electron chi connectivity index (χ2n) is 12.5. The van der Waals surface area contributed by atoms with E-state index in [4.69, 9.17) is 10.5 Å². The predicted molar refractivity (Wildman–Crippen MR) is 134 cm³/mol. The van der Waals surface area contributed by atoms with Gasteiger partial charge in [-0.1, -0.05) is 67.7 Å². The van der Waals surface area contributed by atoms with Crippen LogP contribution in [-0.4, -0.2) is 64.0 Å². The van der Waals surface area contributed by atoms with Crippen LogP contribution in [0.2, 0.25) is 36.3 Å². The molecular formula is C22H41N3O6Si2. The first-order valence-corrected chi connectivity index (χ1v) is 17.3. The van der Waals surface area contributed by atoms with Crippen LogP contribution in [0.25, 0.3) is 0 Å². The van der Waals surface area contributed by atoms with Gasteiger partial charge in [0.25, 0.3) is 0 Å². The number of carbonyl (C=O) groups is 1. The molecule has 0 spiro atoms. The molecular weight excluding hydrogens is 458 g/mol. The molecule has 1 aliphatic heterocycles. The summed E-state index contributed by atoms with van der Waals surface area (Å²) in [6, 6.07) is 0. The topological polar surface area (TPSA) is 148 Å². The maximum atomic E-state index is 12.7. The van der Waals surface area contributed by atoms with Gasteiger partial charge in [-0.25, -0.2) is 9.59 Å². The van der Waals surface area contributed by atoms with Crippen LogP contribution >= 0.6 is 0 Å². The number of aromatic carboxylic acids is 1. The SMILES string of the molecule is CC(C)(C)[Si](C)(C)C(O)[C@H]1O[C@@H](n2cc(C(=O)O)c(N)nc2=O)C[C@@]1(O)[Si](C)(C)C(C)(C)C. The van der Waals surface area contributed by atoms with E-state index in [1.54, 1.807) is 0 Å². The van der Waals surface area contributed by atoms with Gasteiger partial charge in [-0.15, -0.1) is 0 Å². The predicted octanol–water partition coefficient (Wildman–Crippen LogP) is 3.00. The number of hydrogen-bond acceptors (Lipinski definition) is 7. The number of nitrogens with two attached hydrogens (primary N) is 1. The van der Waals surface area contributed by atoms with Crippen molar-refractivity contribution < 1.29 is 24.9 Å². The molecule has 0 aliphatic carbocycles. The summed E-state index contributed by atoms with van der Waals surface area (Å²) in [5.74, 6) is -1.69. The number of carboxylic acid groups (broad SMARTS) is 1. The molecule has 1 unspecified atom stereocenters. The van der Waals surface area contributed by atoms with Crippen molar-refractivity contribution in [3.05, 3.63) is 22.2 Å². The summed E-state index contributed by atoms with van der Waals surface area (Å²) in [6.07, 6.45) is -0.746. The maximum absolute atomic E-state index is 12.7. The Labute approximate surface area is 198 Å². The zero-order chi connectivity index (χ0) is 25.9. The Morgan fingerprint density at radius 3 is 2.15 bits per heavy atom. The van der Waals surface area contributed by atoms with E-state index in [2.05, 4.69) is 72.7 Å². The zero-order valence-electron chi connectivity index (χ0n) is 21.6. The van der Waals surface area contributed by atoms with Crippen molar-refractivity contribution in [2.75, 3.05) is 5.73 Å². The van der Waals surface area contributed by atoms with Gasteiger partial charge in [0, 0.05) is 12.6 Å². The molecule has 4 atom stereocenters. The van der Waals surface area contributed by atoms with Crippen molar-refractivity contribution in [3.8, 4) is 0 Å². The van der Waals surface area contributed by atoms with Crippen molar-refractivity contribution >= 4 is 27.9 Å². The van der Waals surface area contributed by atoms with Crippen LogP contribution < -0.4 is 11.4 Å². The van der Waals surface area contributed by atoms with E-state index in [1.807, 2.05) is 0 Å². The largest absolute Gasteiger partial charge is 0.478 e. The van der Waals surface area contributed by atoms with Gasteiger partial charge in [0.15, 0.2) is 0 Å². The number of aromatic nitrogens is 2. The lowest BCUT2D eigenvalue weighted by Crippen LogP contribution is -2.69. The fourth-order valence-electron chi connectivity index (χ4n) is 4.15. The molecule has 5 N–H and O–H groups in total. The molecule has 0 amide bonds. The lowest BCUT2D eigenvalue weighted by atomic mass is 10.1. The van der Waals surface area contributed by atoms with E-state index < -0.39 is 51.1 Å². The lowest BCUT2D eigenvalue weighted by Gasteiger charge is -2.52. The van der Waals surface area contributed by atoms with Crippen molar-refractivity contribution in [2.24, 2.45) is 0 Å². The van der Waals surface area contributed by atoms with Crippen LogP contribution in [0.3, 0.4) is 0 Å². The number of nitrogens with zero attached hydrogens (tertiary/aromatic N) is 2. The van der Waals surface area contributed by atoms with E-state index in [0.29, 0.717) is 0 Å². The molecule has 1 fully saturated rings. The molecule has 188 valence electrons. The summed E-state index contributed by atoms with van der Waals surface area (Å²) in [4.78, 5) is 27.9. The first-order valence-electron chi connectivity index (χ1n) is 11.3. The third-order valence-electron chi connectivity index (χ3n) is 8.70. The lowest BCUT2D eigenvalue weighted by molar-refractivity contribution is -0.0763. The number of aliphatic hydroxyl groups excluding tert-OH is 1. The Morgan fingerprint density at radius 1 is 1.21 bits per heavy atom. The smallest absolute Gasteiger partial charge is 0.351 e. The molecule has 0 saturated carbocycles. The van der Waals surface area contributed by atoms with Crippen LogP contribution in [-0.2, 0) is 4.74 Å². The van der Waals surface area contributed by atoms with Gasteiger partial charge < -0.3 is 25.8 Å². The minimum absolute atomic E-state index is 0.0460. The molecule has 0 radical (unpaired) electrons. The number of carboxylic acids is 1. The summed E-state index contributed by atoms with van der Waals surface area (Å²) >= 11 is 0. The number of hydrogen-bond donors (Lipinski definition) is 4. The molecule has 2 heterocycles. The van der Waals surface area contributed by atoms with Crippen LogP contribution in [0.1, 0.15) is 64.5 Å². The highest BCUT2D eigenvalue weighted by atomic mass is 28.3. The van der Waals surface area contributed by atoms with E-state index >= 15 is 0 Å². The van der Waals surface area contributed by atoms with Crippen LogP contribution in [0.4, 0.5) is 5.82 Å². The number of anilines is 1. The molecule has 1 aromatic rings. The van der Waals surface area contributed by atoms with Crippen LogP contribution in [0.15, 0.2) is 11.0 Å². The third kappa shape index (κ3) is 4.45. The number of nitrogen functional groups attached to an aromatic ring is 1. The maximum Gasteiger partial charge on any atom is 0.351 e. The van der Waals surface area contributed by atoms with E-state index in [9.17, 15) is 24.9 Å². The quantitative estimate of drug-likeness (QED) is 0.452. The highest BCUT2D eigenvalue weighted by Crippen LogP contribution is 2.54. The standard InChI is InChI=1S/C22H41N3O6Si2/c1-20(2,3)32(7,8)18(28)15-22(30,33(9,10)21(4,5)6)11-14(31-15)25-12-13(17(26)27)16(23)24-19(25)29/h12,14-15,18,28,30H,11H2,1-10H3,(H,26,27)(H2,23,24,29)/t14-,15-,18?,22-/m1/s1. The van der Waals surface area contributed by atoms with Gasteiger partial charge in [-0.05, 0) is 10.1 Å². The number of aliphatic hydroxyl groups is 2. The Hall–Kier alpha value is -1.54. The molecule has 11 heteroatoms. The summed E-state index contributed by atoms with van der Waals surface area (Å²) in [5.41, 5.74) is 3.63. The Kier molecular flexibility index (Phi) is 6.96. The summed E-state index contributed by atoms with van der Waals surface area (Å²) in [6.45, 7) is 20.7. The first-order chi connectivity index (χ1) is 14.6. The Bertz CT molecular complexity index is 980. The van der Waals surface area contributed by atoms with Crippen molar-refractivity contribution in [3.63, 3.8) is 0 Å². The van der Waals surface area contributed by atoms with Crippen LogP contribution in [0.5, 0.6) is 0 Å². The fraction of sp³-hybridized carbons (Fsp3) is 0.773. The highest BCUT2D eigenvalue weighted by Gasteiger charge is 2.65. The van der Waals surface area contributed by atoms with Gasteiger partial charge in [-0.3, -0.25) is 4.57 Å². The van der Waals surface area contributed by atoms with E-state index in [1.165, 1.54) is 0 Å². The molecule has 9 nitrogen and oxygen atoms in total. The molecule has 0 aromatic carbocycles. The van der Waals surface area contributed by atoms with Crippen molar-refractivity contribution in [1.29, 1.82) is 0 Å². The second kappa shape index (κ2) is 8.30. The van der Waals surface area contributed by atoms with Gasteiger partial charge in [0.05, 0.1) is 27.1 Å². The van der Waals surface area contributed by atoms with Crippen molar-refractivity contribution in [1.82, 2.24) is 9.55 Å². The Balaban J connectivity index is 2.70. The average molecular weight is 500 g/mol. The fourth-order valence-corrected chi connectivity index (χ4v) is 9.23. The van der Waals surface area contributed by atoms with Crippen LogP contribution in [0, 0.1) is 0 Å². The van der Waals surface area contributed by atoms with Gasteiger partial charge in [-0.2, -0.15) is 4.98 Å². The third-order valence-corrected chi connectivity index (χ3v) is 20.7. The average Bonchev–Trinajstić information content (AvgIpc) is 2.97. The molecule has 1 aromatic heterocycles. The minimum atomic E-state index is -2.58. The minimum Gasteiger partial charge on any atom is -0.478 e.